The van der Waals surface area contributed by atoms with Gasteiger partial charge in [-0.25, -0.2) is 0 Å². The van der Waals surface area contributed by atoms with Gasteiger partial charge in [0.2, 0.25) is 11.8 Å². The van der Waals surface area contributed by atoms with Crippen LogP contribution in [0.15, 0.2) is 29.2 Å². The summed E-state index contributed by atoms with van der Waals surface area (Å²) in [5.41, 5.74) is 6.06. The van der Waals surface area contributed by atoms with E-state index in [4.69, 9.17) is 5.73 Å². The SMILES string of the molecule is CC(C)C1Sc2ccccc2N(CC(N)=O)C(=O)C1NC(=O)C1CCCN1. The van der Waals surface area contributed by atoms with Crippen LogP contribution in [0.4, 0.5) is 5.69 Å². The van der Waals surface area contributed by atoms with Gasteiger partial charge in [0, 0.05) is 10.1 Å². The zero-order valence-corrected chi connectivity index (χ0v) is 16.4. The number of amides is 3. The van der Waals surface area contributed by atoms with Crippen molar-refractivity contribution >= 4 is 35.2 Å². The number of rotatable bonds is 5. The van der Waals surface area contributed by atoms with Crippen LogP contribution < -0.4 is 21.3 Å². The van der Waals surface area contributed by atoms with Crippen molar-refractivity contribution in [3.63, 3.8) is 0 Å². The molecule has 146 valence electrons. The van der Waals surface area contributed by atoms with Crippen LogP contribution in [0.1, 0.15) is 26.7 Å². The number of nitrogens with zero attached hydrogens (tertiary/aromatic N) is 1. The van der Waals surface area contributed by atoms with E-state index < -0.39 is 11.9 Å². The third-order valence-corrected chi connectivity index (χ3v) is 6.61. The Bertz CT molecular complexity index is 733. The number of para-hydroxylation sites is 1. The van der Waals surface area contributed by atoms with Gasteiger partial charge < -0.3 is 21.3 Å². The van der Waals surface area contributed by atoms with Crippen LogP contribution in [0.3, 0.4) is 0 Å². The van der Waals surface area contributed by atoms with Gasteiger partial charge in [-0.1, -0.05) is 26.0 Å². The van der Waals surface area contributed by atoms with Crippen LogP contribution in [0.2, 0.25) is 0 Å². The molecule has 1 saturated heterocycles. The Labute approximate surface area is 163 Å². The number of nitrogens with one attached hydrogen (secondary N) is 2. The molecule has 7 nitrogen and oxygen atoms in total. The molecule has 8 heteroatoms. The molecule has 3 atom stereocenters. The van der Waals surface area contributed by atoms with Crippen molar-refractivity contribution < 1.29 is 14.4 Å². The summed E-state index contributed by atoms with van der Waals surface area (Å²) in [5, 5.41) is 5.97. The van der Waals surface area contributed by atoms with E-state index in [1.165, 1.54) is 4.90 Å². The van der Waals surface area contributed by atoms with Gasteiger partial charge in [0.15, 0.2) is 0 Å². The first-order valence-corrected chi connectivity index (χ1v) is 10.2. The molecule has 0 aliphatic carbocycles. The molecule has 27 heavy (non-hydrogen) atoms. The molecule has 3 unspecified atom stereocenters. The van der Waals surface area contributed by atoms with Gasteiger partial charge in [-0.3, -0.25) is 14.4 Å². The Balaban J connectivity index is 1.95. The van der Waals surface area contributed by atoms with Gasteiger partial charge in [0.25, 0.3) is 5.91 Å². The molecular weight excluding hydrogens is 364 g/mol. The number of carbonyl (C=O) groups is 3. The number of carbonyl (C=O) groups excluding carboxylic acids is 3. The van der Waals surface area contributed by atoms with Crippen molar-refractivity contribution in [2.45, 2.75) is 48.9 Å². The molecule has 0 radical (unpaired) electrons. The quantitative estimate of drug-likeness (QED) is 0.692. The van der Waals surface area contributed by atoms with Crippen molar-refractivity contribution in [3.8, 4) is 0 Å². The first-order valence-electron chi connectivity index (χ1n) is 9.27. The lowest BCUT2D eigenvalue weighted by atomic mass is 10.0. The van der Waals surface area contributed by atoms with E-state index in [1.807, 2.05) is 38.1 Å². The fourth-order valence-corrected chi connectivity index (χ4v) is 4.91. The summed E-state index contributed by atoms with van der Waals surface area (Å²) in [6.07, 6.45) is 1.70. The molecule has 1 aromatic carbocycles. The van der Waals surface area contributed by atoms with Crippen LogP contribution in [-0.2, 0) is 14.4 Å². The second-order valence-electron chi connectivity index (χ2n) is 7.32. The van der Waals surface area contributed by atoms with Gasteiger partial charge in [-0.2, -0.15) is 0 Å². The number of anilines is 1. The highest BCUT2D eigenvalue weighted by Gasteiger charge is 2.41. The Morgan fingerprint density at radius 1 is 1.37 bits per heavy atom. The maximum atomic E-state index is 13.4. The molecule has 0 saturated carbocycles. The monoisotopic (exact) mass is 390 g/mol. The van der Waals surface area contributed by atoms with Gasteiger partial charge in [0.1, 0.15) is 12.6 Å². The van der Waals surface area contributed by atoms with Gasteiger partial charge in [-0.05, 0) is 37.4 Å². The fraction of sp³-hybridized carbons (Fsp3) is 0.526. The molecule has 1 aromatic rings. The Morgan fingerprint density at radius 2 is 2.11 bits per heavy atom. The average Bonchev–Trinajstić information content (AvgIpc) is 3.13. The predicted octanol–water partition coefficient (Wildman–Crippen LogP) is 0.872. The number of hydrogen-bond acceptors (Lipinski definition) is 5. The van der Waals surface area contributed by atoms with Crippen LogP contribution in [0.5, 0.6) is 0 Å². The van der Waals surface area contributed by atoms with Crippen LogP contribution in [0, 0.1) is 5.92 Å². The largest absolute Gasteiger partial charge is 0.368 e. The van der Waals surface area contributed by atoms with Crippen LogP contribution in [-0.4, -0.2) is 48.1 Å². The molecule has 1 fully saturated rings. The van der Waals surface area contributed by atoms with E-state index >= 15 is 0 Å². The second-order valence-corrected chi connectivity index (χ2v) is 8.54. The number of primary amides is 1. The molecule has 2 heterocycles. The molecule has 0 spiro atoms. The highest BCUT2D eigenvalue weighted by atomic mass is 32.2. The Morgan fingerprint density at radius 3 is 2.74 bits per heavy atom. The Hall–Kier alpha value is -2.06. The summed E-state index contributed by atoms with van der Waals surface area (Å²) in [7, 11) is 0. The molecular formula is C19H26N4O3S. The van der Waals surface area contributed by atoms with Crippen LogP contribution in [0.25, 0.3) is 0 Å². The van der Waals surface area contributed by atoms with Gasteiger partial charge >= 0.3 is 0 Å². The third kappa shape index (κ3) is 4.27. The number of fused-ring (bicyclic) bond motifs is 1. The summed E-state index contributed by atoms with van der Waals surface area (Å²) in [6, 6.07) is 6.47. The molecule has 3 rings (SSSR count). The lowest BCUT2D eigenvalue weighted by molar-refractivity contribution is -0.129. The topological polar surface area (TPSA) is 105 Å². The minimum absolute atomic E-state index is 0.141. The maximum Gasteiger partial charge on any atom is 0.251 e. The average molecular weight is 391 g/mol. The van der Waals surface area contributed by atoms with Crippen molar-refractivity contribution in [1.29, 1.82) is 0 Å². The number of hydrogen-bond donors (Lipinski definition) is 3. The normalized spacial score (nSPS) is 25.2. The van der Waals surface area contributed by atoms with Crippen molar-refractivity contribution in [2.75, 3.05) is 18.0 Å². The molecule has 2 aliphatic rings. The number of benzene rings is 1. The van der Waals surface area contributed by atoms with Gasteiger partial charge in [0.05, 0.1) is 11.7 Å². The van der Waals surface area contributed by atoms with E-state index in [9.17, 15) is 14.4 Å². The minimum atomic E-state index is -0.725. The smallest absolute Gasteiger partial charge is 0.251 e. The van der Waals surface area contributed by atoms with E-state index in [0.29, 0.717) is 5.69 Å². The van der Waals surface area contributed by atoms with Gasteiger partial charge in [-0.15, -0.1) is 11.8 Å². The summed E-state index contributed by atoms with van der Waals surface area (Å²) in [5.74, 6) is -0.908. The fourth-order valence-electron chi connectivity index (χ4n) is 3.57. The summed E-state index contributed by atoms with van der Waals surface area (Å²) in [4.78, 5) is 40.0. The summed E-state index contributed by atoms with van der Waals surface area (Å²) in [6.45, 7) is 4.65. The predicted molar refractivity (Wildman–Crippen MR) is 105 cm³/mol. The third-order valence-electron chi connectivity index (χ3n) is 4.93. The Kier molecular flexibility index (Phi) is 6.06. The first kappa shape index (κ1) is 19.7. The van der Waals surface area contributed by atoms with Crippen molar-refractivity contribution in [3.05, 3.63) is 24.3 Å². The van der Waals surface area contributed by atoms with Crippen molar-refractivity contribution in [2.24, 2.45) is 11.7 Å². The van der Waals surface area contributed by atoms with E-state index in [1.54, 1.807) is 11.8 Å². The maximum absolute atomic E-state index is 13.4. The van der Waals surface area contributed by atoms with E-state index in [0.717, 1.165) is 24.3 Å². The highest BCUT2D eigenvalue weighted by Crippen LogP contribution is 2.40. The number of nitrogens with two attached hydrogens (primary N) is 1. The molecule has 4 N–H and O–H groups in total. The highest BCUT2D eigenvalue weighted by molar-refractivity contribution is 8.00. The second kappa shape index (κ2) is 8.31. The zero-order valence-electron chi connectivity index (χ0n) is 15.6. The van der Waals surface area contributed by atoms with Crippen molar-refractivity contribution in [1.82, 2.24) is 10.6 Å². The molecule has 2 aliphatic heterocycles. The number of thioether (sulfide) groups is 1. The molecule has 3 amide bonds. The standard InChI is InChI=1S/C19H26N4O3S/c1-11(2)17-16(22-18(25)12-6-5-9-21-12)19(26)23(10-15(20)24)13-7-3-4-8-14(13)27-17/h3-4,7-8,11-12,16-17,21H,5-6,9-10H2,1-2H3,(H2,20,24)(H,22,25). The zero-order chi connectivity index (χ0) is 19.6. The lowest BCUT2D eigenvalue weighted by Gasteiger charge is -2.30. The molecule has 0 aromatic heterocycles. The van der Waals surface area contributed by atoms with E-state index in [2.05, 4.69) is 10.6 Å². The minimum Gasteiger partial charge on any atom is -0.368 e. The summed E-state index contributed by atoms with van der Waals surface area (Å²) < 4.78 is 0. The first-order chi connectivity index (χ1) is 12.9. The summed E-state index contributed by atoms with van der Waals surface area (Å²) >= 11 is 1.56. The van der Waals surface area contributed by atoms with Crippen LogP contribution >= 0.6 is 11.8 Å². The van der Waals surface area contributed by atoms with E-state index in [-0.39, 0.29) is 35.6 Å². The molecule has 0 bridgehead atoms. The lowest BCUT2D eigenvalue weighted by Crippen LogP contribution is -2.57.